The minimum atomic E-state index is -4.48. The predicted molar refractivity (Wildman–Crippen MR) is 246 cm³/mol. The van der Waals surface area contributed by atoms with Crippen molar-refractivity contribution < 1.29 is 65.4 Å². The number of rotatable bonds is 18. The summed E-state index contributed by atoms with van der Waals surface area (Å²) in [6, 6.07) is 19.7. The van der Waals surface area contributed by atoms with Gasteiger partial charge in [-0.1, -0.05) is 18.2 Å². The third kappa shape index (κ3) is 12.1. The van der Waals surface area contributed by atoms with Crippen LogP contribution in [0.25, 0.3) is 0 Å². The van der Waals surface area contributed by atoms with Gasteiger partial charge in [0.1, 0.15) is 11.5 Å². The lowest BCUT2D eigenvalue weighted by Gasteiger charge is -2.15. The van der Waals surface area contributed by atoms with Crippen molar-refractivity contribution in [3.05, 3.63) is 114 Å². The number of aromatic hydroxyl groups is 2. The number of hydrogen-bond acceptors (Lipinski definition) is 23. The van der Waals surface area contributed by atoms with E-state index in [9.17, 15) is 56.0 Å². The lowest BCUT2D eigenvalue weighted by molar-refractivity contribution is 0.0683. The molecule has 358 valence electrons. The minimum Gasteiger partial charge on any atom is -0.495 e. The fourth-order valence-corrected chi connectivity index (χ4v) is 7.07. The maximum absolute atomic E-state index is 12.6. The van der Waals surface area contributed by atoms with Gasteiger partial charge in [-0.05, 0) is 78.4 Å². The highest BCUT2D eigenvalue weighted by Crippen LogP contribution is 2.35. The first-order valence-electron chi connectivity index (χ1n) is 19.3. The lowest BCUT2D eigenvalue weighted by Crippen LogP contribution is -2.12. The van der Waals surface area contributed by atoms with Crippen LogP contribution in [0.2, 0.25) is 0 Å². The number of aromatic carboxylic acids is 2. The molecule has 0 radical (unpaired) electrons. The largest absolute Gasteiger partial charge is 0.495 e. The first kappa shape index (κ1) is 48.5. The summed E-state index contributed by atoms with van der Waals surface area (Å²) in [4.78, 5) is 52.3. The van der Waals surface area contributed by atoms with Gasteiger partial charge < -0.3 is 51.2 Å². The molecular weight excluding hydrogens is 963 g/mol. The van der Waals surface area contributed by atoms with Crippen LogP contribution in [-0.2, 0) is 20.2 Å². The summed E-state index contributed by atoms with van der Waals surface area (Å²) in [7, 11) is -6.23. The molecule has 0 aliphatic heterocycles. The van der Waals surface area contributed by atoms with E-state index in [0.29, 0.717) is 5.56 Å². The molecule has 0 atom stereocenters. The smallest absolute Gasteiger partial charge is 0.337 e. The van der Waals surface area contributed by atoms with Gasteiger partial charge in [0, 0.05) is 12.3 Å². The zero-order valence-corrected chi connectivity index (χ0v) is 37.2. The number of benzene rings is 5. The Kier molecular flexibility index (Phi) is 14.0. The molecule has 0 saturated carbocycles. The Morgan fingerprint density at radius 3 is 1.40 bits per heavy atom. The molecule has 0 fully saturated rings. The number of carbonyl (C=O) groups is 2. The van der Waals surface area contributed by atoms with Crippen LogP contribution in [0.4, 0.5) is 63.6 Å². The van der Waals surface area contributed by atoms with Crippen LogP contribution in [-0.4, -0.2) is 109 Å². The van der Waals surface area contributed by atoms with Crippen LogP contribution in [0.5, 0.6) is 23.5 Å². The molecule has 0 unspecified atom stereocenters. The van der Waals surface area contributed by atoms with Gasteiger partial charge in [0.15, 0.2) is 0 Å². The summed E-state index contributed by atoms with van der Waals surface area (Å²) in [5.41, 5.74) is -0.171. The van der Waals surface area contributed by atoms with Gasteiger partial charge in [0.25, 0.3) is 20.2 Å². The third-order valence-corrected chi connectivity index (χ3v) is 10.8. The van der Waals surface area contributed by atoms with Crippen LogP contribution >= 0.6 is 0 Å². The van der Waals surface area contributed by atoms with Crippen molar-refractivity contribution in [3.63, 3.8) is 0 Å². The van der Waals surface area contributed by atoms with Crippen LogP contribution in [0, 0.1) is 0 Å². The number of carboxylic acids is 2. The molecule has 0 spiro atoms. The van der Waals surface area contributed by atoms with Crippen LogP contribution in [0.3, 0.4) is 0 Å². The molecule has 0 aliphatic rings. The van der Waals surface area contributed by atoms with Gasteiger partial charge in [-0.3, -0.25) is 14.1 Å². The predicted octanol–water partition coefficient (Wildman–Crippen LogP) is 6.52. The van der Waals surface area contributed by atoms with E-state index in [1.165, 1.54) is 87.2 Å². The second kappa shape index (κ2) is 20.2. The van der Waals surface area contributed by atoms with Crippen LogP contribution in [0.15, 0.2) is 122 Å². The van der Waals surface area contributed by atoms with Crippen molar-refractivity contribution in [3.8, 4) is 23.5 Å². The molecule has 2 aromatic heterocycles. The first-order chi connectivity index (χ1) is 33.2. The Hall–Kier alpha value is -9.45. The number of azo groups is 1. The molecule has 70 heavy (non-hydrogen) atoms. The number of nitrogens with zero attached hydrogens (tertiary/aromatic N) is 9. The fraction of sp³-hybridized carbons (Fsp3) is 0.0488. The highest BCUT2D eigenvalue weighted by atomic mass is 32.2. The summed E-state index contributed by atoms with van der Waals surface area (Å²) in [5.74, 6) is -4.15. The molecule has 29 heteroatoms. The quantitative estimate of drug-likeness (QED) is 0.0248. The molecule has 0 saturated heterocycles. The number of ether oxygens (including phenoxy) is 2. The molecule has 0 amide bonds. The number of nitrogens with one attached hydrogen (secondary N) is 4. The molecule has 0 bridgehead atoms. The maximum Gasteiger partial charge on any atom is 0.337 e. The van der Waals surface area contributed by atoms with Crippen molar-refractivity contribution in [2.45, 2.75) is 9.79 Å². The summed E-state index contributed by atoms with van der Waals surface area (Å²) < 4.78 is 75.6. The van der Waals surface area contributed by atoms with Crippen molar-refractivity contribution in [1.29, 1.82) is 0 Å². The number of hydrogen-bond donors (Lipinski definition) is 10. The second-order valence-corrected chi connectivity index (χ2v) is 16.7. The Bertz CT molecular complexity index is 3260. The fourth-order valence-electron chi connectivity index (χ4n) is 6.03. The molecule has 27 nitrogen and oxygen atoms in total. The average Bonchev–Trinajstić information content (AvgIpc) is 3.30. The zero-order valence-electron chi connectivity index (χ0n) is 35.6. The maximum atomic E-state index is 12.6. The molecule has 2 heterocycles. The van der Waals surface area contributed by atoms with Crippen LogP contribution in [0.1, 0.15) is 26.3 Å². The molecule has 7 rings (SSSR count). The Morgan fingerprint density at radius 2 is 0.943 bits per heavy atom. The SMILES string of the molecule is COc1cc(C=Nc2cccc(S(=O)(=O)O)c2)ccc1Nc1nc(O)nc(Nc2cc(C(=O)O)c(Nc3nc(O)nc(Nc4ccc(N=Nc5cccc(S(=O)(=O)O)c5)cc4OC)n3)cc2C(=O)O)n1. The number of aromatic nitrogens is 6. The normalized spacial score (nSPS) is 11.6. The Balaban J connectivity index is 1.10. The van der Waals surface area contributed by atoms with E-state index in [0.717, 1.165) is 18.2 Å². The van der Waals surface area contributed by atoms with E-state index in [2.05, 4.69) is 66.4 Å². The average molecular weight is 996 g/mol. The van der Waals surface area contributed by atoms with Gasteiger partial charge >= 0.3 is 24.0 Å². The highest BCUT2D eigenvalue weighted by molar-refractivity contribution is 7.86. The summed E-state index contributed by atoms with van der Waals surface area (Å²) in [6.45, 7) is 0. The minimum absolute atomic E-state index is 0.122. The number of methoxy groups -OCH3 is 2. The summed E-state index contributed by atoms with van der Waals surface area (Å²) >= 11 is 0. The molecule has 5 aromatic carbocycles. The second-order valence-electron chi connectivity index (χ2n) is 13.9. The third-order valence-electron chi connectivity index (χ3n) is 9.14. The number of anilines is 8. The number of aliphatic imine (C=N–C) groups is 1. The van der Waals surface area contributed by atoms with Gasteiger partial charge in [0.2, 0.25) is 23.8 Å². The number of carboxylic acid groups (broad SMARTS) is 2. The van der Waals surface area contributed by atoms with Gasteiger partial charge in [-0.25, -0.2) is 9.59 Å². The first-order valence-corrected chi connectivity index (χ1v) is 22.2. The van der Waals surface area contributed by atoms with Gasteiger partial charge in [-0.15, -0.1) is 0 Å². The van der Waals surface area contributed by atoms with Crippen molar-refractivity contribution in [2.75, 3.05) is 35.5 Å². The van der Waals surface area contributed by atoms with Crippen molar-refractivity contribution in [2.24, 2.45) is 15.2 Å². The standard InChI is InChI=1S/C41H33N13O14S2/c1-67-32-13-20(19-42-21-5-3-7-24(14-21)69(61,62)63)9-11-28(32)43-36-47-38(51-40(59)49-36)45-30-17-27(35(57)58)31(18-26(30)34(55)56)46-39-48-37(50-41(60)52-39)44-29-12-10-23(16-33(29)68-2)54-53-22-6-4-8-25(15-22)70(64,65)66/h3-19H,1-2H3,(H,55,56)(H,57,58)(H,61,62,63)(H,64,65,66)(H3,43,45,47,49,51,59)(H3,44,46,48,50,52,60). The van der Waals surface area contributed by atoms with E-state index < -0.39 is 67.2 Å². The van der Waals surface area contributed by atoms with E-state index in [1.807, 2.05) is 0 Å². The zero-order chi connectivity index (χ0) is 50.3. The molecule has 0 aliphatic carbocycles. The lowest BCUT2D eigenvalue weighted by atomic mass is 10.1. The molecule has 10 N–H and O–H groups in total. The molecular formula is C41H33N13O14S2. The van der Waals surface area contributed by atoms with Crippen molar-refractivity contribution in [1.82, 2.24) is 29.9 Å². The van der Waals surface area contributed by atoms with E-state index in [4.69, 9.17) is 9.47 Å². The monoisotopic (exact) mass is 995 g/mol. The van der Waals surface area contributed by atoms with Gasteiger partial charge in [0.05, 0.1) is 74.9 Å². The van der Waals surface area contributed by atoms with E-state index in [1.54, 1.807) is 12.1 Å². The van der Waals surface area contributed by atoms with Crippen LogP contribution < -0.4 is 30.7 Å². The summed E-state index contributed by atoms with van der Waals surface area (Å²) in [6.07, 6.45) is 1.41. The Morgan fingerprint density at radius 1 is 0.529 bits per heavy atom. The Labute approximate surface area is 393 Å². The van der Waals surface area contributed by atoms with Gasteiger partial charge in [-0.2, -0.15) is 57.0 Å². The highest BCUT2D eigenvalue weighted by Gasteiger charge is 2.22. The van der Waals surface area contributed by atoms with E-state index in [-0.39, 0.29) is 73.0 Å². The topological polar surface area (TPSA) is 405 Å². The molecule has 7 aromatic rings. The van der Waals surface area contributed by atoms with Crippen molar-refractivity contribution >= 4 is 102 Å². The van der Waals surface area contributed by atoms with E-state index >= 15 is 0 Å². The summed E-state index contributed by atoms with van der Waals surface area (Å²) in [5, 5.41) is 60.1.